The van der Waals surface area contributed by atoms with Crippen LogP contribution in [0.2, 0.25) is 0 Å². The van der Waals surface area contributed by atoms with Crippen molar-refractivity contribution in [3.8, 4) is 0 Å². The van der Waals surface area contributed by atoms with E-state index in [-0.39, 0.29) is 11.8 Å². The van der Waals surface area contributed by atoms with Crippen molar-refractivity contribution in [3.05, 3.63) is 0 Å². The van der Waals surface area contributed by atoms with Crippen molar-refractivity contribution in [2.75, 3.05) is 6.54 Å². The van der Waals surface area contributed by atoms with Crippen molar-refractivity contribution in [3.63, 3.8) is 0 Å². The number of hydrogen-bond acceptors (Lipinski definition) is 2. The molecule has 3 heteroatoms. The van der Waals surface area contributed by atoms with Crippen LogP contribution in [0.5, 0.6) is 0 Å². The standard InChI is InChI=1S/C15H32N2O/c1-3-5-7-9-13(12-16)11-14(15(17)18)10-8-6-4-2/h13-14H,3-12,16H2,1-2H3,(H2,17,18)/t13-,14?/m0/s1. The minimum absolute atomic E-state index is 0.0340. The largest absolute Gasteiger partial charge is 0.369 e. The fraction of sp³-hybridized carbons (Fsp3) is 0.933. The molecule has 0 bridgehead atoms. The van der Waals surface area contributed by atoms with Crippen LogP contribution in [0.1, 0.15) is 71.6 Å². The highest BCUT2D eigenvalue weighted by molar-refractivity contribution is 5.76. The Kier molecular flexibility index (Phi) is 11.2. The molecule has 0 heterocycles. The maximum Gasteiger partial charge on any atom is 0.220 e. The molecule has 108 valence electrons. The van der Waals surface area contributed by atoms with E-state index in [2.05, 4.69) is 13.8 Å². The van der Waals surface area contributed by atoms with E-state index in [0.717, 1.165) is 25.7 Å². The normalized spacial score (nSPS) is 14.4. The molecular formula is C15H32N2O. The molecule has 0 aliphatic carbocycles. The van der Waals surface area contributed by atoms with Gasteiger partial charge in [0.25, 0.3) is 0 Å². The molecule has 1 amide bonds. The average Bonchev–Trinajstić information content (AvgIpc) is 2.35. The number of rotatable bonds is 12. The molecule has 0 radical (unpaired) electrons. The highest BCUT2D eigenvalue weighted by Gasteiger charge is 2.19. The highest BCUT2D eigenvalue weighted by atomic mass is 16.1. The van der Waals surface area contributed by atoms with Gasteiger partial charge in [0.1, 0.15) is 0 Å². The van der Waals surface area contributed by atoms with E-state index in [1.807, 2.05) is 0 Å². The summed E-state index contributed by atoms with van der Waals surface area (Å²) in [4.78, 5) is 11.5. The van der Waals surface area contributed by atoms with Gasteiger partial charge in [-0.3, -0.25) is 4.79 Å². The number of carbonyl (C=O) groups is 1. The smallest absolute Gasteiger partial charge is 0.220 e. The maximum atomic E-state index is 11.5. The lowest BCUT2D eigenvalue weighted by atomic mass is 9.87. The van der Waals surface area contributed by atoms with Gasteiger partial charge in [-0.2, -0.15) is 0 Å². The van der Waals surface area contributed by atoms with E-state index >= 15 is 0 Å². The number of unbranched alkanes of at least 4 members (excludes halogenated alkanes) is 4. The van der Waals surface area contributed by atoms with Gasteiger partial charge >= 0.3 is 0 Å². The van der Waals surface area contributed by atoms with Gasteiger partial charge in [-0.1, -0.05) is 52.4 Å². The Bertz CT molecular complexity index is 207. The molecule has 0 fully saturated rings. The highest BCUT2D eigenvalue weighted by Crippen LogP contribution is 2.22. The Morgan fingerprint density at radius 3 is 2.00 bits per heavy atom. The summed E-state index contributed by atoms with van der Waals surface area (Å²) >= 11 is 0. The van der Waals surface area contributed by atoms with E-state index < -0.39 is 0 Å². The van der Waals surface area contributed by atoms with Gasteiger partial charge in [0.05, 0.1) is 0 Å². The number of amides is 1. The molecule has 0 saturated carbocycles. The summed E-state index contributed by atoms with van der Waals surface area (Å²) < 4.78 is 0. The van der Waals surface area contributed by atoms with Gasteiger partial charge in [-0.25, -0.2) is 0 Å². The van der Waals surface area contributed by atoms with Crippen molar-refractivity contribution in [1.29, 1.82) is 0 Å². The molecule has 0 aromatic rings. The van der Waals surface area contributed by atoms with E-state index in [4.69, 9.17) is 11.5 Å². The third-order valence-electron chi connectivity index (χ3n) is 3.73. The van der Waals surface area contributed by atoms with E-state index in [1.54, 1.807) is 0 Å². The van der Waals surface area contributed by atoms with Gasteiger partial charge in [0.2, 0.25) is 5.91 Å². The van der Waals surface area contributed by atoms with E-state index in [9.17, 15) is 4.79 Å². The fourth-order valence-electron chi connectivity index (χ4n) is 2.43. The summed E-state index contributed by atoms with van der Waals surface area (Å²) in [6.45, 7) is 5.06. The molecular weight excluding hydrogens is 224 g/mol. The van der Waals surface area contributed by atoms with Crippen molar-refractivity contribution in [2.45, 2.75) is 71.6 Å². The lowest BCUT2D eigenvalue weighted by Crippen LogP contribution is -2.28. The molecule has 0 spiro atoms. The summed E-state index contributed by atoms with van der Waals surface area (Å²) in [5.74, 6) is 0.363. The molecule has 0 saturated heterocycles. The summed E-state index contributed by atoms with van der Waals surface area (Å²) in [6, 6.07) is 0. The predicted octanol–water partition coefficient (Wildman–Crippen LogP) is 3.21. The van der Waals surface area contributed by atoms with Crippen LogP contribution in [0, 0.1) is 11.8 Å². The minimum Gasteiger partial charge on any atom is -0.369 e. The lowest BCUT2D eigenvalue weighted by molar-refractivity contribution is -0.122. The van der Waals surface area contributed by atoms with Gasteiger partial charge in [-0.05, 0) is 31.7 Å². The Hall–Kier alpha value is -0.570. The second-order valence-corrected chi connectivity index (χ2v) is 5.43. The third-order valence-corrected chi connectivity index (χ3v) is 3.73. The molecule has 3 nitrogen and oxygen atoms in total. The fourth-order valence-corrected chi connectivity index (χ4v) is 2.43. The first-order valence-electron chi connectivity index (χ1n) is 7.65. The van der Waals surface area contributed by atoms with Crippen LogP contribution in [0.15, 0.2) is 0 Å². The minimum atomic E-state index is -0.139. The van der Waals surface area contributed by atoms with E-state index in [1.165, 1.54) is 32.1 Å². The van der Waals surface area contributed by atoms with Gasteiger partial charge < -0.3 is 11.5 Å². The Morgan fingerprint density at radius 1 is 1.00 bits per heavy atom. The number of hydrogen-bond donors (Lipinski definition) is 2. The number of nitrogens with two attached hydrogens (primary N) is 2. The van der Waals surface area contributed by atoms with Gasteiger partial charge in [0.15, 0.2) is 0 Å². The van der Waals surface area contributed by atoms with Crippen LogP contribution >= 0.6 is 0 Å². The Morgan fingerprint density at radius 2 is 1.56 bits per heavy atom. The second kappa shape index (κ2) is 11.5. The lowest BCUT2D eigenvalue weighted by Gasteiger charge is -2.20. The molecule has 0 aromatic heterocycles. The van der Waals surface area contributed by atoms with Gasteiger partial charge in [0, 0.05) is 5.92 Å². The van der Waals surface area contributed by atoms with E-state index in [0.29, 0.717) is 12.5 Å². The molecule has 2 atom stereocenters. The number of carbonyl (C=O) groups excluding carboxylic acids is 1. The Balaban J connectivity index is 4.04. The molecule has 4 N–H and O–H groups in total. The maximum absolute atomic E-state index is 11.5. The summed E-state index contributed by atoms with van der Waals surface area (Å²) in [5.41, 5.74) is 11.3. The van der Waals surface area contributed by atoms with Crippen molar-refractivity contribution < 1.29 is 4.79 Å². The van der Waals surface area contributed by atoms with Crippen LogP contribution in [-0.4, -0.2) is 12.5 Å². The zero-order valence-electron chi connectivity index (χ0n) is 12.3. The Labute approximate surface area is 113 Å². The monoisotopic (exact) mass is 256 g/mol. The van der Waals surface area contributed by atoms with Crippen molar-refractivity contribution in [1.82, 2.24) is 0 Å². The zero-order chi connectivity index (χ0) is 13.8. The summed E-state index contributed by atoms with van der Waals surface area (Å²) in [5, 5.41) is 0. The predicted molar refractivity (Wildman–Crippen MR) is 78.1 cm³/mol. The second-order valence-electron chi connectivity index (χ2n) is 5.43. The summed E-state index contributed by atoms with van der Waals surface area (Å²) in [6.07, 6.45) is 10.2. The molecule has 1 unspecified atom stereocenters. The zero-order valence-corrected chi connectivity index (χ0v) is 12.3. The molecule has 0 aromatic carbocycles. The van der Waals surface area contributed by atoms with Crippen LogP contribution in [0.4, 0.5) is 0 Å². The quantitative estimate of drug-likeness (QED) is 0.526. The van der Waals surface area contributed by atoms with Crippen LogP contribution in [0.25, 0.3) is 0 Å². The van der Waals surface area contributed by atoms with Crippen LogP contribution in [0.3, 0.4) is 0 Å². The van der Waals surface area contributed by atoms with Crippen molar-refractivity contribution >= 4 is 5.91 Å². The summed E-state index contributed by atoms with van der Waals surface area (Å²) in [7, 11) is 0. The van der Waals surface area contributed by atoms with Gasteiger partial charge in [-0.15, -0.1) is 0 Å². The average molecular weight is 256 g/mol. The number of primary amides is 1. The first-order valence-corrected chi connectivity index (χ1v) is 7.65. The van der Waals surface area contributed by atoms with Crippen LogP contribution < -0.4 is 11.5 Å². The van der Waals surface area contributed by atoms with Crippen LogP contribution in [-0.2, 0) is 4.79 Å². The molecule has 0 aliphatic heterocycles. The third kappa shape index (κ3) is 8.51. The molecule has 0 rings (SSSR count). The SMILES string of the molecule is CCCCCC(C[C@@H](CN)CCCCC)C(N)=O. The molecule has 18 heavy (non-hydrogen) atoms. The molecule has 0 aliphatic rings. The first kappa shape index (κ1) is 17.4. The van der Waals surface area contributed by atoms with Crippen molar-refractivity contribution in [2.24, 2.45) is 23.3 Å². The topological polar surface area (TPSA) is 69.1 Å². The first-order chi connectivity index (χ1) is 8.65.